The Balaban J connectivity index is 3.26. The van der Waals surface area contributed by atoms with Gasteiger partial charge in [0.2, 0.25) is 5.75 Å². The van der Waals surface area contributed by atoms with Crippen molar-refractivity contribution in [2.75, 3.05) is 0 Å². The van der Waals surface area contributed by atoms with Crippen molar-refractivity contribution in [2.45, 2.75) is 10.2 Å². The lowest BCUT2D eigenvalue weighted by Gasteiger charge is -2.14. The molecular formula is C8H3Cl3F3NO3. The smallest absolute Gasteiger partial charge is 0.416 e. The number of ether oxygens (including phenoxy) is 1. The molecule has 18 heavy (non-hydrogen) atoms. The Morgan fingerprint density at radius 2 is 1.78 bits per heavy atom. The van der Waals surface area contributed by atoms with Crippen molar-refractivity contribution in [3.05, 3.63) is 33.9 Å². The van der Waals surface area contributed by atoms with Crippen LogP contribution in [0.15, 0.2) is 18.2 Å². The fourth-order valence-corrected chi connectivity index (χ4v) is 1.30. The molecule has 1 rings (SSSR count). The number of nitro benzene ring substituents is 1. The van der Waals surface area contributed by atoms with E-state index >= 15 is 0 Å². The molecule has 0 radical (unpaired) electrons. The first-order valence-corrected chi connectivity index (χ1v) is 5.25. The van der Waals surface area contributed by atoms with Gasteiger partial charge in [-0.25, -0.2) is 0 Å². The van der Waals surface area contributed by atoms with Gasteiger partial charge >= 0.3 is 15.8 Å². The average Bonchev–Trinajstić information content (AvgIpc) is 2.13. The third-order valence-electron chi connectivity index (χ3n) is 1.71. The molecule has 0 saturated heterocycles. The van der Waals surface area contributed by atoms with Gasteiger partial charge in [-0.05, 0) is 46.9 Å². The number of halogens is 6. The largest absolute Gasteiger partial charge is 0.438 e. The van der Waals surface area contributed by atoms with Crippen LogP contribution in [0.25, 0.3) is 0 Å². The zero-order valence-electron chi connectivity index (χ0n) is 8.17. The summed E-state index contributed by atoms with van der Waals surface area (Å²) in [5.41, 5.74) is -2.15. The van der Waals surface area contributed by atoms with Crippen molar-refractivity contribution in [1.82, 2.24) is 0 Å². The summed E-state index contributed by atoms with van der Waals surface area (Å²) in [6.07, 6.45) is -4.72. The average molecular weight is 324 g/mol. The lowest BCUT2D eigenvalue weighted by atomic mass is 10.2. The maximum Gasteiger partial charge on any atom is 0.416 e. The van der Waals surface area contributed by atoms with Crippen LogP contribution in [0.4, 0.5) is 18.9 Å². The zero-order valence-corrected chi connectivity index (χ0v) is 10.4. The number of hydrogen-bond acceptors (Lipinski definition) is 3. The predicted molar refractivity (Wildman–Crippen MR) is 59.0 cm³/mol. The molecule has 0 aromatic heterocycles. The van der Waals surface area contributed by atoms with E-state index in [9.17, 15) is 23.3 Å². The van der Waals surface area contributed by atoms with Gasteiger partial charge in [-0.1, -0.05) is 0 Å². The van der Waals surface area contributed by atoms with Gasteiger partial charge in [0.1, 0.15) is 0 Å². The van der Waals surface area contributed by atoms with E-state index in [0.29, 0.717) is 18.2 Å². The van der Waals surface area contributed by atoms with Crippen molar-refractivity contribution in [1.29, 1.82) is 0 Å². The summed E-state index contributed by atoms with van der Waals surface area (Å²) in [4.78, 5) is 9.55. The molecule has 10 heteroatoms. The van der Waals surface area contributed by atoms with Crippen molar-refractivity contribution in [3.63, 3.8) is 0 Å². The van der Waals surface area contributed by atoms with Gasteiger partial charge in [-0.3, -0.25) is 10.1 Å². The van der Waals surface area contributed by atoms with Gasteiger partial charge < -0.3 is 4.74 Å². The summed E-state index contributed by atoms with van der Waals surface area (Å²) in [6, 6.07) is 1.59. The van der Waals surface area contributed by atoms with E-state index in [0.717, 1.165) is 0 Å². The highest BCUT2D eigenvalue weighted by Crippen LogP contribution is 2.39. The first kappa shape index (κ1) is 15.1. The highest BCUT2D eigenvalue weighted by molar-refractivity contribution is 6.66. The van der Waals surface area contributed by atoms with Crippen LogP contribution in [0, 0.1) is 10.1 Å². The SMILES string of the molecule is O=[N+]([O-])c1cc(C(F)(F)F)ccc1OC(Cl)(Cl)Cl. The molecule has 0 fully saturated rings. The predicted octanol–water partition coefficient (Wildman–Crippen LogP) is 4.32. The fraction of sp³-hybridized carbons (Fsp3) is 0.250. The molecule has 0 N–H and O–H groups in total. The minimum Gasteiger partial charge on any atom is -0.438 e. The van der Waals surface area contributed by atoms with E-state index in [1.807, 2.05) is 0 Å². The van der Waals surface area contributed by atoms with Gasteiger partial charge in [-0.15, -0.1) is 0 Å². The number of benzene rings is 1. The van der Waals surface area contributed by atoms with Gasteiger partial charge in [0.15, 0.2) is 0 Å². The quantitative estimate of drug-likeness (QED) is 0.462. The summed E-state index contributed by atoms with van der Waals surface area (Å²) in [5.74, 6) is -0.576. The molecule has 0 aliphatic rings. The van der Waals surface area contributed by atoms with Crippen molar-refractivity contribution in [2.24, 2.45) is 0 Å². The van der Waals surface area contributed by atoms with Gasteiger partial charge in [0.25, 0.3) is 0 Å². The molecule has 0 unspecified atom stereocenters. The molecule has 0 atom stereocenters. The van der Waals surface area contributed by atoms with Crippen LogP contribution in [0.5, 0.6) is 5.75 Å². The lowest BCUT2D eigenvalue weighted by Crippen LogP contribution is -2.14. The Morgan fingerprint density at radius 3 is 2.17 bits per heavy atom. The van der Waals surface area contributed by atoms with Crippen LogP contribution in [0.2, 0.25) is 0 Å². The zero-order chi connectivity index (χ0) is 14.1. The molecule has 0 bridgehead atoms. The second kappa shape index (κ2) is 4.99. The number of alkyl halides is 6. The van der Waals surface area contributed by atoms with Crippen molar-refractivity contribution in [3.8, 4) is 5.75 Å². The minimum absolute atomic E-state index is 0.297. The molecule has 4 nitrogen and oxygen atoms in total. The molecular weight excluding hydrogens is 321 g/mol. The van der Waals surface area contributed by atoms with Crippen LogP contribution in [0.1, 0.15) is 5.56 Å². The molecule has 0 aliphatic heterocycles. The molecule has 100 valence electrons. The Kier molecular flexibility index (Phi) is 4.19. The van der Waals surface area contributed by atoms with Crippen LogP contribution < -0.4 is 4.74 Å². The van der Waals surface area contributed by atoms with Gasteiger partial charge in [0, 0.05) is 6.07 Å². The van der Waals surface area contributed by atoms with Gasteiger partial charge in [-0.2, -0.15) is 13.2 Å². The molecule has 0 saturated carbocycles. The molecule has 0 aliphatic carbocycles. The second-order valence-corrected chi connectivity index (χ2v) is 5.16. The Bertz CT molecular complexity index is 473. The van der Waals surface area contributed by atoms with E-state index in [2.05, 4.69) is 4.74 Å². The summed E-state index contributed by atoms with van der Waals surface area (Å²) < 4.78 is 39.3. The topological polar surface area (TPSA) is 52.4 Å². The van der Waals surface area contributed by atoms with Crippen LogP contribution in [0.3, 0.4) is 0 Å². The van der Waals surface area contributed by atoms with Crippen LogP contribution in [-0.4, -0.2) is 8.90 Å². The number of nitro groups is 1. The number of hydrogen-bond donors (Lipinski definition) is 0. The second-order valence-electron chi connectivity index (χ2n) is 2.99. The summed E-state index contributed by atoms with van der Waals surface area (Å²) >= 11 is 15.7. The summed E-state index contributed by atoms with van der Waals surface area (Å²) in [6.45, 7) is 0. The first-order valence-electron chi connectivity index (χ1n) is 4.12. The monoisotopic (exact) mass is 323 g/mol. The third-order valence-corrected chi connectivity index (χ3v) is 1.94. The van der Waals surface area contributed by atoms with E-state index in [1.54, 1.807) is 0 Å². The maximum atomic E-state index is 12.4. The highest BCUT2D eigenvalue weighted by atomic mass is 35.6. The molecule has 1 aromatic carbocycles. The normalized spacial score (nSPS) is 12.3. The number of nitrogens with zero attached hydrogens (tertiary/aromatic N) is 1. The van der Waals surface area contributed by atoms with E-state index in [4.69, 9.17) is 34.8 Å². The van der Waals surface area contributed by atoms with Crippen LogP contribution >= 0.6 is 34.8 Å². The summed E-state index contributed by atoms with van der Waals surface area (Å²) in [5, 5.41) is 10.6. The Hall–Kier alpha value is -0.920. The van der Waals surface area contributed by atoms with E-state index in [-0.39, 0.29) is 0 Å². The highest BCUT2D eigenvalue weighted by Gasteiger charge is 2.34. The summed E-state index contributed by atoms with van der Waals surface area (Å²) in [7, 11) is 0. The van der Waals surface area contributed by atoms with E-state index < -0.39 is 32.1 Å². The fourth-order valence-electron chi connectivity index (χ4n) is 1.05. The third kappa shape index (κ3) is 4.08. The standard InChI is InChI=1S/C8H3Cl3F3NO3/c9-8(10,11)18-6-2-1-4(7(12,13)14)3-5(6)15(16)17/h1-3H. The molecule has 0 heterocycles. The van der Waals surface area contributed by atoms with Crippen molar-refractivity contribution < 1.29 is 22.8 Å². The first-order chi connectivity index (χ1) is 8.00. The lowest BCUT2D eigenvalue weighted by molar-refractivity contribution is -0.386. The Morgan fingerprint density at radius 1 is 1.22 bits per heavy atom. The van der Waals surface area contributed by atoms with Crippen LogP contribution in [-0.2, 0) is 6.18 Å². The Labute approximate surface area is 113 Å². The molecule has 1 aromatic rings. The van der Waals surface area contributed by atoms with E-state index in [1.165, 1.54) is 0 Å². The minimum atomic E-state index is -4.72. The van der Waals surface area contributed by atoms with Gasteiger partial charge in [0.05, 0.1) is 10.5 Å². The maximum absolute atomic E-state index is 12.4. The van der Waals surface area contributed by atoms with Crippen molar-refractivity contribution >= 4 is 40.5 Å². The molecule has 0 amide bonds. The molecule has 0 spiro atoms. The number of rotatable bonds is 2.